The Morgan fingerprint density at radius 1 is 1.11 bits per heavy atom. The summed E-state index contributed by atoms with van der Waals surface area (Å²) in [6, 6.07) is 11.8. The van der Waals surface area contributed by atoms with Crippen LogP contribution in [-0.2, 0) is 7.05 Å². The van der Waals surface area contributed by atoms with Crippen molar-refractivity contribution in [2.24, 2.45) is 7.05 Å². The van der Waals surface area contributed by atoms with Crippen LogP contribution in [0.25, 0.3) is 11.0 Å². The van der Waals surface area contributed by atoms with Crippen LogP contribution in [0.3, 0.4) is 0 Å². The first-order valence-electron chi connectivity index (χ1n) is 5.55. The Morgan fingerprint density at radius 3 is 2.67 bits per heavy atom. The van der Waals surface area contributed by atoms with Gasteiger partial charge >= 0.3 is 0 Å². The van der Waals surface area contributed by atoms with Gasteiger partial charge in [0.05, 0.1) is 5.39 Å². The van der Waals surface area contributed by atoms with Crippen LogP contribution >= 0.6 is 11.6 Å². The molecule has 0 aliphatic heterocycles. The summed E-state index contributed by atoms with van der Waals surface area (Å²) in [6.45, 7) is 0. The largest absolute Gasteiger partial charge is 0.340 e. The summed E-state index contributed by atoms with van der Waals surface area (Å²) in [5.74, 6) is 0.719. The standard InChI is InChI=1S/C13H11ClN4/c1-18-8-7-10-11(16-13(14)17-12(10)18)15-9-5-3-2-4-6-9/h2-8H,1H3,(H,15,16,17). The zero-order valence-corrected chi connectivity index (χ0v) is 10.5. The fraction of sp³-hybridized carbons (Fsp3) is 0.0769. The van der Waals surface area contributed by atoms with Crippen molar-refractivity contribution in [1.82, 2.24) is 14.5 Å². The molecule has 0 saturated carbocycles. The maximum Gasteiger partial charge on any atom is 0.226 e. The van der Waals surface area contributed by atoms with Crippen LogP contribution in [0.5, 0.6) is 0 Å². The Labute approximate surface area is 109 Å². The van der Waals surface area contributed by atoms with Crippen LogP contribution in [-0.4, -0.2) is 14.5 Å². The maximum absolute atomic E-state index is 5.94. The Balaban J connectivity index is 2.11. The van der Waals surface area contributed by atoms with E-state index in [0.717, 1.165) is 22.5 Å². The van der Waals surface area contributed by atoms with Crippen LogP contribution in [0.4, 0.5) is 11.5 Å². The highest BCUT2D eigenvalue weighted by atomic mass is 35.5. The molecule has 5 heteroatoms. The van der Waals surface area contributed by atoms with E-state index in [1.807, 2.05) is 54.2 Å². The quantitative estimate of drug-likeness (QED) is 0.717. The van der Waals surface area contributed by atoms with Crippen molar-refractivity contribution in [1.29, 1.82) is 0 Å². The molecule has 2 aromatic heterocycles. The van der Waals surface area contributed by atoms with E-state index in [0.29, 0.717) is 0 Å². The summed E-state index contributed by atoms with van der Waals surface area (Å²) in [5.41, 5.74) is 1.78. The van der Waals surface area contributed by atoms with E-state index in [4.69, 9.17) is 11.6 Å². The number of nitrogens with one attached hydrogen (secondary N) is 1. The lowest BCUT2D eigenvalue weighted by molar-refractivity contribution is 0.944. The van der Waals surface area contributed by atoms with E-state index in [1.165, 1.54) is 0 Å². The van der Waals surface area contributed by atoms with Crippen molar-refractivity contribution in [3.05, 3.63) is 47.9 Å². The number of halogens is 1. The number of hydrogen-bond acceptors (Lipinski definition) is 3. The average Bonchev–Trinajstić information content (AvgIpc) is 2.73. The monoisotopic (exact) mass is 258 g/mol. The van der Waals surface area contributed by atoms with Gasteiger partial charge in [-0.05, 0) is 29.8 Å². The van der Waals surface area contributed by atoms with E-state index in [-0.39, 0.29) is 5.28 Å². The molecule has 1 aromatic carbocycles. The first kappa shape index (κ1) is 11.0. The third kappa shape index (κ3) is 1.91. The van der Waals surface area contributed by atoms with Gasteiger partial charge in [-0.25, -0.2) is 0 Å². The van der Waals surface area contributed by atoms with Crippen LogP contribution in [0, 0.1) is 0 Å². The molecule has 0 fully saturated rings. The summed E-state index contributed by atoms with van der Waals surface area (Å²) in [6.07, 6.45) is 1.94. The Bertz CT molecular complexity index is 691. The third-order valence-electron chi connectivity index (χ3n) is 2.73. The van der Waals surface area contributed by atoms with Crippen molar-refractivity contribution in [2.45, 2.75) is 0 Å². The number of rotatable bonds is 2. The molecule has 0 spiro atoms. The van der Waals surface area contributed by atoms with Gasteiger partial charge in [0.15, 0.2) is 0 Å². The summed E-state index contributed by atoms with van der Waals surface area (Å²) in [5, 5.41) is 4.44. The van der Waals surface area contributed by atoms with Gasteiger partial charge in [0, 0.05) is 18.9 Å². The Morgan fingerprint density at radius 2 is 1.89 bits per heavy atom. The first-order valence-corrected chi connectivity index (χ1v) is 5.92. The molecule has 1 N–H and O–H groups in total. The molecule has 0 unspecified atom stereocenters. The first-order chi connectivity index (χ1) is 8.74. The fourth-order valence-electron chi connectivity index (χ4n) is 1.86. The van der Waals surface area contributed by atoms with Crippen LogP contribution in [0.15, 0.2) is 42.6 Å². The molecule has 2 heterocycles. The second-order valence-electron chi connectivity index (χ2n) is 4.00. The molecule has 3 aromatic rings. The van der Waals surface area contributed by atoms with Crippen molar-refractivity contribution in [3.8, 4) is 0 Å². The minimum absolute atomic E-state index is 0.239. The highest BCUT2D eigenvalue weighted by Gasteiger charge is 2.09. The van der Waals surface area contributed by atoms with Gasteiger partial charge in [-0.1, -0.05) is 18.2 Å². The van der Waals surface area contributed by atoms with E-state index in [9.17, 15) is 0 Å². The van der Waals surface area contributed by atoms with E-state index >= 15 is 0 Å². The molecule has 0 bridgehead atoms. The van der Waals surface area contributed by atoms with Gasteiger partial charge in [0.2, 0.25) is 5.28 Å². The van der Waals surface area contributed by atoms with Gasteiger partial charge in [-0.15, -0.1) is 0 Å². The second kappa shape index (κ2) is 4.31. The number of aromatic nitrogens is 3. The van der Waals surface area contributed by atoms with Crippen molar-refractivity contribution >= 4 is 34.1 Å². The minimum atomic E-state index is 0.239. The molecule has 0 amide bonds. The van der Waals surface area contributed by atoms with Crippen molar-refractivity contribution < 1.29 is 0 Å². The predicted octanol–water partition coefficient (Wildman–Crippen LogP) is 3.37. The molecule has 18 heavy (non-hydrogen) atoms. The molecular weight excluding hydrogens is 248 g/mol. The van der Waals surface area contributed by atoms with Crippen molar-refractivity contribution in [3.63, 3.8) is 0 Å². The maximum atomic E-state index is 5.94. The number of nitrogens with zero attached hydrogens (tertiary/aromatic N) is 3. The number of hydrogen-bond donors (Lipinski definition) is 1. The average molecular weight is 259 g/mol. The summed E-state index contributed by atoms with van der Waals surface area (Å²) >= 11 is 5.94. The molecule has 3 rings (SSSR count). The fourth-order valence-corrected chi connectivity index (χ4v) is 2.03. The topological polar surface area (TPSA) is 42.7 Å². The van der Waals surface area contributed by atoms with E-state index < -0.39 is 0 Å². The molecule has 4 nitrogen and oxygen atoms in total. The molecule has 0 aliphatic rings. The lowest BCUT2D eigenvalue weighted by atomic mass is 10.3. The second-order valence-corrected chi connectivity index (χ2v) is 4.33. The molecular formula is C13H11ClN4. The highest BCUT2D eigenvalue weighted by Crippen LogP contribution is 2.25. The lowest BCUT2D eigenvalue weighted by Crippen LogP contribution is -1.97. The SMILES string of the molecule is Cn1ccc2c(Nc3ccccc3)nc(Cl)nc21. The zero-order chi connectivity index (χ0) is 12.5. The number of fused-ring (bicyclic) bond motifs is 1. The summed E-state index contributed by atoms with van der Waals surface area (Å²) in [7, 11) is 1.93. The lowest BCUT2D eigenvalue weighted by Gasteiger charge is -2.07. The number of para-hydroxylation sites is 1. The van der Waals surface area contributed by atoms with Crippen LogP contribution < -0.4 is 5.32 Å². The van der Waals surface area contributed by atoms with Crippen molar-refractivity contribution in [2.75, 3.05) is 5.32 Å². The molecule has 90 valence electrons. The number of aryl methyl sites for hydroxylation is 1. The van der Waals surface area contributed by atoms with Gasteiger partial charge in [0.25, 0.3) is 0 Å². The van der Waals surface area contributed by atoms with E-state index in [2.05, 4.69) is 15.3 Å². The van der Waals surface area contributed by atoms with Gasteiger partial charge in [-0.3, -0.25) is 0 Å². The smallest absolute Gasteiger partial charge is 0.226 e. The molecule has 0 radical (unpaired) electrons. The normalized spacial score (nSPS) is 10.8. The van der Waals surface area contributed by atoms with Gasteiger partial charge < -0.3 is 9.88 Å². The predicted molar refractivity (Wildman–Crippen MR) is 73.2 cm³/mol. The molecule has 0 saturated heterocycles. The Kier molecular flexibility index (Phi) is 2.64. The highest BCUT2D eigenvalue weighted by molar-refractivity contribution is 6.28. The Hall–Kier alpha value is -2.07. The third-order valence-corrected chi connectivity index (χ3v) is 2.90. The molecule has 0 aliphatic carbocycles. The van der Waals surface area contributed by atoms with Gasteiger partial charge in [-0.2, -0.15) is 9.97 Å². The minimum Gasteiger partial charge on any atom is -0.340 e. The van der Waals surface area contributed by atoms with E-state index in [1.54, 1.807) is 0 Å². The van der Waals surface area contributed by atoms with Crippen LogP contribution in [0.1, 0.15) is 0 Å². The zero-order valence-electron chi connectivity index (χ0n) is 9.76. The number of anilines is 2. The number of benzene rings is 1. The van der Waals surface area contributed by atoms with Crippen LogP contribution in [0.2, 0.25) is 5.28 Å². The molecule has 0 atom stereocenters. The summed E-state index contributed by atoms with van der Waals surface area (Å²) < 4.78 is 1.92. The summed E-state index contributed by atoms with van der Waals surface area (Å²) in [4.78, 5) is 8.45. The van der Waals surface area contributed by atoms with Gasteiger partial charge in [0.1, 0.15) is 11.5 Å².